The Balaban J connectivity index is 1.20. The van der Waals surface area contributed by atoms with Gasteiger partial charge in [-0.3, -0.25) is 14.6 Å². The number of halogens is 1. The third-order valence-corrected chi connectivity index (χ3v) is 8.24. The van der Waals surface area contributed by atoms with Crippen LogP contribution in [0.15, 0.2) is 52.4 Å². The molecule has 0 saturated carbocycles. The van der Waals surface area contributed by atoms with E-state index in [1.54, 1.807) is 19.2 Å². The van der Waals surface area contributed by atoms with Gasteiger partial charge in [0.05, 0.1) is 22.6 Å². The highest BCUT2D eigenvalue weighted by atomic mass is 19.1. The van der Waals surface area contributed by atoms with Crippen LogP contribution in [0.1, 0.15) is 57.9 Å². The summed E-state index contributed by atoms with van der Waals surface area (Å²) in [5.74, 6) is -0.128. The van der Waals surface area contributed by atoms with Gasteiger partial charge in [0.2, 0.25) is 0 Å². The zero-order chi connectivity index (χ0) is 27.1. The molecule has 1 saturated heterocycles. The summed E-state index contributed by atoms with van der Waals surface area (Å²) in [6.45, 7) is 8.33. The second-order valence-corrected chi connectivity index (χ2v) is 11.0. The fourth-order valence-corrected chi connectivity index (χ4v) is 6.06. The molecule has 0 aliphatic carbocycles. The Bertz CT molecular complexity index is 1520. The van der Waals surface area contributed by atoms with Crippen LogP contribution in [0, 0.1) is 12.7 Å². The van der Waals surface area contributed by atoms with E-state index in [4.69, 9.17) is 4.99 Å². The number of aromatic nitrogens is 1. The number of hydrogen-bond acceptors (Lipinski definition) is 5. The average Bonchev–Trinajstić information content (AvgIpc) is 3.64. The predicted molar refractivity (Wildman–Crippen MR) is 152 cm³/mol. The molecule has 0 bridgehead atoms. The molecule has 3 aromatic rings. The lowest BCUT2D eigenvalue weighted by molar-refractivity contribution is 0.0763. The maximum Gasteiger partial charge on any atom is 0.259 e. The molecule has 1 amide bonds. The number of nitrogens with one attached hydrogen (secondary N) is 2. The van der Waals surface area contributed by atoms with Crippen molar-refractivity contribution in [1.82, 2.24) is 14.8 Å². The molecule has 0 spiro atoms. The van der Waals surface area contributed by atoms with E-state index >= 15 is 0 Å². The van der Waals surface area contributed by atoms with E-state index < -0.39 is 0 Å². The molecule has 1 aromatic heterocycles. The minimum Gasteiger partial charge on any atom is -0.382 e. The number of likely N-dealkylation sites (tertiary alicyclic amines) is 1. The number of aromatic amines is 1. The zero-order valence-corrected chi connectivity index (χ0v) is 22.5. The van der Waals surface area contributed by atoms with Crippen LogP contribution in [-0.2, 0) is 19.4 Å². The van der Waals surface area contributed by atoms with Gasteiger partial charge >= 0.3 is 0 Å². The number of nitrogens with zero attached hydrogens (tertiary/aromatic N) is 3. The molecule has 1 fully saturated rings. The number of H-pyrrole nitrogens is 1. The Morgan fingerprint density at radius 1 is 1.10 bits per heavy atom. The van der Waals surface area contributed by atoms with Gasteiger partial charge in [-0.1, -0.05) is 12.1 Å². The highest BCUT2D eigenvalue weighted by molar-refractivity contribution is 6.10. The summed E-state index contributed by atoms with van der Waals surface area (Å²) < 4.78 is 14.0. The number of hydrogen-bond donors (Lipinski definition) is 2. The van der Waals surface area contributed by atoms with Crippen LogP contribution in [0.2, 0.25) is 0 Å². The van der Waals surface area contributed by atoms with Crippen LogP contribution in [0.5, 0.6) is 0 Å². The Morgan fingerprint density at radius 2 is 1.92 bits per heavy atom. The number of benzene rings is 2. The molecule has 3 aliphatic heterocycles. The van der Waals surface area contributed by atoms with E-state index in [2.05, 4.69) is 15.2 Å². The standard InChI is InChI=1S/C31H34FN5O2/c1-19(14-21-6-5-7-25(32)20(21)2)34-26-8-9-33-30(38)29(26)28-16-22-15-24-23(17-27(22)35-28)18-37(31(24)39)13-12-36-10-3-4-11-36/h5-9,15,17,19H,3-4,10-14,16,18H2,1-2H3,(H2,33,34,38)/t19-/m0/s1. The molecule has 4 heterocycles. The van der Waals surface area contributed by atoms with Gasteiger partial charge in [-0.2, -0.15) is 0 Å². The molecule has 7 nitrogen and oxygen atoms in total. The van der Waals surface area contributed by atoms with Crippen molar-refractivity contribution in [3.8, 4) is 0 Å². The summed E-state index contributed by atoms with van der Waals surface area (Å²) in [6, 6.07) is 10.9. The van der Waals surface area contributed by atoms with Gasteiger partial charge in [-0.25, -0.2) is 4.39 Å². The second kappa shape index (κ2) is 10.4. The highest BCUT2D eigenvalue weighted by Gasteiger charge is 2.31. The first-order valence-corrected chi connectivity index (χ1v) is 13.8. The van der Waals surface area contributed by atoms with Crippen molar-refractivity contribution in [3.63, 3.8) is 0 Å². The molecular formula is C31H34FN5O2. The van der Waals surface area contributed by atoms with Crippen LogP contribution in [-0.4, -0.2) is 58.6 Å². The van der Waals surface area contributed by atoms with E-state index in [0.29, 0.717) is 41.9 Å². The molecule has 0 unspecified atom stereocenters. The summed E-state index contributed by atoms with van der Waals surface area (Å²) in [5.41, 5.74) is 6.81. The topological polar surface area (TPSA) is 80.8 Å². The number of pyridine rings is 1. The Morgan fingerprint density at radius 3 is 2.74 bits per heavy atom. The number of fused-ring (bicyclic) bond motifs is 2. The number of aliphatic imine (C=N–C) groups is 1. The summed E-state index contributed by atoms with van der Waals surface area (Å²) in [4.78, 5) is 38.2. The van der Waals surface area contributed by atoms with Crippen molar-refractivity contribution in [2.45, 2.75) is 52.1 Å². The Kier molecular flexibility index (Phi) is 6.81. The molecule has 2 aromatic carbocycles. The largest absolute Gasteiger partial charge is 0.382 e. The minimum absolute atomic E-state index is 0.0385. The van der Waals surface area contributed by atoms with Crippen molar-refractivity contribution >= 4 is 23.0 Å². The molecule has 6 rings (SSSR count). The minimum atomic E-state index is -0.213. The van der Waals surface area contributed by atoms with E-state index in [0.717, 1.165) is 54.1 Å². The Labute approximate surface area is 227 Å². The van der Waals surface area contributed by atoms with Crippen molar-refractivity contribution in [2.75, 3.05) is 31.5 Å². The molecule has 0 radical (unpaired) electrons. The third-order valence-electron chi connectivity index (χ3n) is 8.24. The van der Waals surface area contributed by atoms with Gasteiger partial charge in [0.25, 0.3) is 11.5 Å². The molecule has 202 valence electrons. The first-order valence-electron chi connectivity index (χ1n) is 13.8. The summed E-state index contributed by atoms with van der Waals surface area (Å²) >= 11 is 0. The van der Waals surface area contributed by atoms with E-state index in [1.807, 2.05) is 36.1 Å². The van der Waals surface area contributed by atoms with Gasteiger partial charge in [0, 0.05) is 43.9 Å². The monoisotopic (exact) mass is 527 g/mol. The fourth-order valence-electron chi connectivity index (χ4n) is 6.06. The lowest BCUT2D eigenvalue weighted by Gasteiger charge is -2.20. The first-order chi connectivity index (χ1) is 18.9. The predicted octanol–water partition coefficient (Wildman–Crippen LogP) is 4.59. The molecule has 8 heteroatoms. The first kappa shape index (κ1) is 25.5. The molecular weight excluding hydrogens is 493 g/mol. The summed E-state index contributed by atoms with van der Waals surface area (Å²) in [6.07, 6.45) is 5.22. The van der Waals surface area contributed by atoms with Crippen LogP contribution in [0.3, 0.4) is 0 Å². The SMILES string of the molecule is Cc1c(F)cccc1C[C@H](C)Nc1cc[nH]c(=O)c1C1=Nc2cc3c(cc2C1)C(=O)N(CCN1CCCC1)C3. The lowest BCUT2D eigenvalue weighted by Crippen LogP contribution is -2.33. The Hall–Kier alpha value is -3.78. The maximum absolute atomic E-state index is 14.0. The molecule has 39 heavy (non-hydrogen) atoms. The quantitative estimate of drug-likeness (QED) is 0.449. The van der Waals surface area contributed by atoms with Crippen molar-refractivity contribution in [1.29, 1.82) is 0 Å². The van der Waals surface area contributed by atoms with Crippen LogP contribution < -0.4 is 10.9 Å². The normalized spacial score (nSPS) is 17.4. The van der Waals surface area contributed by atoms with Gasteiger partial charge in [-0.15, -0.1) is 0 Å². The molecule has 3 aliphatic rings. The highest BCUT2D eigenvalue weighted by Crippen LogP contribution is 2.36. The van der Waals surface area contributed by atoms with Crippen molar-refractivity contribution in [3.05, 3.63) is 92.1 Å². The number of carbonyl (C=O) groups excluding carboxylic acids is 1. The molecule has 1 atom stereocenters. The van der Waals surface area contributed by atoms with Crippen LogP contribution >= 0.6 is 0 Å². The van der Waals surface area contributed by atoms with E-state index in [1.165, 1.54) is 18.9 Å². The number of anilines is 1. The summed E-state index contributed by atoms with van der Waals surface area (Å²) in [7, 11) is 0. The van der Waals surface area contributed by atoms with Gasteiger partial charge < -0.3 is 20.1 Å². The number of carbonyl (C=O) groups is 1. The second-order valence-electron chi connectivity index (χ2n) is 11.0. The number of rotatable bonds is 8. The van der Waals surface area contributed by atoms with Gasteiger partial charge in [0.15, 0.2) is 0 Å². The van der Waals surface area contributed by atoms with Crippen LogP contribution in [0.4, 0.5) is 15.8 Å². The maximum atomic E-state index is 14.0. The average molecular weight is 528 g/mol. The summed E-state index contributed by atoms with van der Waals surface area (Å²) in [5, 5.41) is 3.46. The third kappa shape index (κ3) is 5.01. The van der Waals surface area contributed by atoms with Crippen molar-refractivity contribution in [2.24, 2.45) is 4.99 Å². The fraction of sp³-hybridized carbons (Fsp3) is 0.387. The van der Waals surface area contributed by atoms with Crippen LogP contribution in [0.25, 0.3) is 0 Å². The molecule has 2 N–H and O–H groups in total. The zero-order valence-electron chi connectivity index (χ0n) is 22.5. The van der Waals surface area contributed by atoms with Crippen molar-refractivity contribution < 1.29 is 9.18 Å². The smallest absolute Gasteiger partial charge is 0.259 e. The van der Waals surface area contributed by atoms with E-state index in [9.17, 15) is 14.0 Å². The van der Waals surface area contributed by atoms with E-state index in [-0.39, 0.29) is 23.3 Å². The number of amides is 1. The van der Waals surface area contributed by atoms with Gasteiger partial charge in [0.1, 0.15) is 5.82 Å². The lowest BCUT2D eigenvalue weighted by atomic mass is 9.99. The van der Waals surface area contributed by atoms with Gasteiger partial charge in [-0.05, 0) is 92.7 Å².